The van der Waals surface area contributed by atoms with Crippen LogP contribution in [0.15, 0.2) is 53.3 Å². The first-order valence-electron chi connectivity index (χ1n) is 8.27. The van der Waals surface area contributed by atoms with E-state index >= 15 is 0 Å². The highest BCUT2D eigenvalue weighted by molar-refractivity contribution is 5.78. The van der Waals surface area contributed by atoms with Crippen LogP contribution in [0.5, 0.6) is 0 Å². The van der Waals surface area contributed by atoms with Crippen molar-refractivity contribution in [1.82, 2.24) is 9.97 Å². The summed E-state index contributed by atoms with van der Waals surface area (Å²) in [5.41, 5.74) is 3.26. The molecule has 24 heavy (non-hydrogen) atoms. The maximum atomic E-state index is 12.2. The van der Waals surface area contributed by atoms with Gasteiger partial charge in [0.2, 0.25) is 5.95 Å². The van der Waals surface area contributed by atoms with Crippen molar-refractivity contribution in [1.29, 1.82) is 0 Å². The molecule has 0 bridgehead atoms. The lowest BCUT2D eigenvalue weighted by molar-refractivity contribution is 0.639. The lowest BCUT2D eigenvalue weighted by atomic mass is 10.1. The molecule has 0 spiro atoms. The summed E-state index contributed by atoms with van der Waals surface area (Å²) in [6.07, 6.45) is 0. The average Bonchev–Trinajstić information content (AvgIpc) is 2.62. The van der Waals surface area contributed by atoms with E-state index in [-0.39, 0.29) is 5.56 Å². The number of aromatic amines is 1. The van der Waals surface area contributed by atoms with Crippen LogP contribution in [0.3, 0.4) is 0 Å². The van der Waals surface area contributed by atoms with Gasteiger partial charge in [0.1, 0.15) is 0 Å². The number of nitrogens with one attached hydrogen (secondary N) is 1. The Morgan fingerprint density at radius 3 is 2.38 bits per heavy atom. The molecule has 5 nitrogen and oxygen atoms in total. The molecular formula is C19H20N4O. The number of fused-ring (bicyclic) bond motifs is 1. The zero-order valence-corrected chi connectivity index (χ0v) is 13.7. The minimum atomic E-state index is -0.0723. The normalized spacial score (nSPS) is 15.0. The summed E-state index contributed by atoms with van der Waals surface area (Å²) in [5, 5.41) is 0.639. The Kier molecular flexibility index (Phi) is 3.69. The van der Waals surface area contributed by atoms with Gasteiger partial charge in [-0.1, -0.05) is 30.3 Å². The number of piperazine rings is 1. The topological polar surface area (TPSA) is 52.2 Å². The highest BCUT2D eigenvalue weighted by atomic mass is 16.1. The third-order valence-corrected chi connectivity index (χ3v) is 4.64. The molecule has 1 saturated heterocycles. The first-order valence-corrected chi connectivity index (χ1v) is 8.27. The Labute approximate surface area is 140 Å². The van der Waals surface area contributed by atoms with Gasteiger partial charge in [0.25, 0.3) is 5.56 Å². The Balaban J connectivity index is 1.56. The molecule has 4 rings (SSSR count). The van der Waals surface area contributed by atoms with Crippen molar-refractivity contribution in [2.45, 2.75) is 6.92 Å². The van der Waals surface area contributed by atoms with Crippen LogP contribution in [0.2, 0.25) is 0 Å². The molecule has 0 aliphatic carbocycles. The van der Waals surface area contributed by atoms with Gasteiger partial charge in [-0.15, -0.1) is 0 Å². The number of benzene rings is 2. The number of nitrogens with zero attached hydrogens (tertiary/aromatic N) is 3. The van der Waals surface area contributed by atoms with Gasteiger partial charge in [0.15, 0.2) is 0 Å². The van der Waals surface area contributed by atoms with Gasteiger partial charge in [0.05, 0.1) is 10.9 Å². The molecule has 0 saturated carbocycles. The summed E-state index contributed by atoms with van der Waals surface area (Å²) in [4.78, 5) is 24.3. The van der Waals surface area contributed by atoms with Crippen LogP contribution in [-0.2, 0) is 0 Å². The fraction of sp³-hybridized carbons (Fsp3) is 0.263. The van der Waals surface area contributed by atoms with Gasteiger partial charge in [-0.25, -0.2) is 4.98 Å². The molecule has 0 amide bonds. The summed E-state index contributed by atoms with van der Waals surface area (Å²) in [7, 11) is 0. The Bertz CT molecular complexity index is 926. The summed E-state index contributed by atoms with van der Waals surface area (Å²) >= 11 is 0. The second-order valence-electron chi connectivity index (χ2n) is 6.17. The number of rotatable bonds is 2. The second-order valence-corrected chi connectivity index (χ2v) is 6.17. The lowest BCUT2D eigenvalue weighted by Crippen LogP contribution is -2.47. The van der Waals surface area contributed by atoms with Gasteiger partial charge in [-0.2, -0.15) is 0 Å². The predicted molar refractivity (Wildman–Crippen MR) is 98.0 cm³/mol. The molecule has 0 atom stereocenters. The third kappa shape index (κ3) is 2.62. The van der Waals surface area contributed by atoms with Gasteiger partial charge < -0.3 is 9.80 Å². The second kappa shape index (κ2) is 6.00. The van der Waals surface area contributed by atoms with E-state index in [0.29, 0.717) is 11.3 Å². The zero-order chi connectivity index (χ0) is 16.5. The Morgan fingerprint density at radius 1 is 0.917 bits per heavy atom. The molecular weight excluding hydrogens is 300 g/mol. The molecule has 0 unspecified atom stereocenters. The molecule has 1 N–H and O–H groups in total. The molecule has 3 aromatic rings. The first-order chi connectivity index (χ1) is 11.7. The molecule has 1 fully saturated rings. The Morgan fingerprint density at radius 2 is 1.58 bits per heavy atom. The van der Waals surface area contributed by atoms with Crippen molar-refractivity contribution in [3.05, 3.63) is 64.4 Å². The van der Waals surface area contributed by atoms with Gasteiger partial charge in [-0.3, -0.25) is 9.78 Å². The number of para-hydroxylation sites is 2. The standard InChI is InChI=1S/C19H20N4O/c1-14-6-2-5-9-17(14)22-10-12-23(13-11-22)19-20-16-8-4-3-7-15(16)18(24)21-19/h2-9H,10-13H2,1H3,(H,20,21,24). The fourth-order valence-electron chi connectivity index (χ4n) is 3.30. The number of anilines is 2. The van der Waals surface area contributed by atoms with Crippen molar-refractivity contribution >= 4 is 22.5 Å². The van der Waals surface area contributed by atoms with Crippen molar-refractivity contribution in [2.24, 2.45) is 0 Å². The fourth-order valence-corrected chi connectivity index (χ4v) is 3.30. The molecule has 2 aromatic carbocycles. The largest absolute Gasteiger partial charge is 0.368 e. The number of aromatic nitrogens is 2. The molecule has 122 valence electrons. The lowest BCUT2D eigenvalue weighted by Gasteiger charge is -2.37. The van der Waals surface area contributed by atoms with Crippen LogP contribution in [0.1, 0.15) is 5.56 Å². The van der Waals surface area contributed by atoms with Crippen LogP contribution in [0.4, 0.5) is 11.6 Å². The molecule has 5 heteroatoms. The van der Waals surface area contributed by atoms with Gasteiger partial charge in [0, 0.05) is 31.9 Å². The predicted octanol–water partition coefficient (Wildman–Crippen LogP) is 2.56. The minimum Gasteiger partial charge on any atom is -0.368 e. The van der Waals surface area contributed by atoms with Crippen molar-refractivity contribution in [3.8, 4) is 0 Å². The molecule has 1 aliphatic rings. The van der Waals surface area contributed by atoms with Gasteiger partial charge in [-0.05, 0) is 30.7 Å². The number of H-pyrrole nitrogens is 1. The van der Waals surface area contributed by atoms with E-state index in [2.05, 4.69) is 51.0 Å². The summed E-state index contributed by atoms with van der Waals surface area (Å²) < 4.78 is 0. The maximum absolute atomic E-state index is 12.2. The molecule has 1 aliphatic heterocycles. The Hall–Kier alpha value is -2.82. The SMILES string of the molecule is Cc1ccccc1N1CCN(c2nc3ccccc3c(=O)[nH]2)CC1. The van der Waals surface area contributed by atoms with Crippen LogP contribution < -0.4 is 15.4 Å². The first kappa shape index (κ1) is 14.8. The number of hydrogen-bond donors (Lipinski definition) is 1. The van der Waals surface area contributed by atoms with Gasteiger partial charge >= 0.3 is 0 Å². The average molecular weight is 320 g/mol. The summed E-state index contributed by atoms with van der Waals surface area (Å²) in [6, 6.07) is 15.9. The summed E-state index contributed by atoms with van der Waals surface area (Å²) in [6.45, 7) is 5.66. The van der Waals surface area contributed by atoms with Crippen LogP contribution >= 0.6 is 0 Å². The monoisotopic (exact) mass is 320 g/mol. The van der Waals surface area contributed by atoms with E-state index in [9.17, 15) is 4.79 Å². The smallest absolute Gasteiger partial charge is 0.260 e. The molecule has 0 radical (unpaired) electrons. The van der Waals surface area contributed by atoms with Crippen molar-refractivity contribution in [2.75, 3.05) is 36.0 Å². The van der Waals surface area contributed by atoms with Crippen LogP contribution in [-0.4, -0.2) is 36.1 Å². The van der Waals surface area contributed by atoms with E-state index in [0.717, 1.165) is 31.7 Å². The zero-order valence-electron chi connectivity index (χ0n) is 13.7. The van der Waals surface area contributed by atoms with E-state index in [1.54, 1.807) is 6.07 Å². The molecule has 1 aromatic heterocycles. The highest BCUT2D eigenvalue weighted by Gasteiger charge is 2.20. The van der Waals surface area contributed by atoms with E-state index in [4.69, 9.17) is 0 Å². The van der Waals surface area contributed by atoms with Crippen molar-refractivity contribution < 1.29 is 0 Å². The minimum absolute atomic E-state index is 0.0723. The van der Waals surface area contributed by atoms with E-state index in [1.165, 1.54) is 11.3 Å². The quantitative estimate of drug-likeness (QED) is 0.788. The third-order valence-electron chi connectivity index (χ3n) is 4.64. The number of hydrogen-bond acceptors (Lipinski definition) is 4. The van der Waals surface area contributed by atoms with Crippen LogP contribution in [0.25, 0.3) is 10.9 Å². The summed E-state index contributed by atoms with van der Waals surface area (Å²) in [5.74, 6) is 0.670. The van der Waals surface area contributed by atoms with E-state index < -0.39 is 0 Å². The maximum Gasteiger partial charge on any atom is 0.260 e. The highest BCUT2D eigenvalue weighted by Crippen LogP contribution is 2.22. The van der Waals surface area contributed by atoms with Crippen LogP contribution in [0, 0.1) is 6.92 Å². The van der Waals surface area contributed by atoms with Crippen molar-refractivity contribution in [3.63, 3.8) is 0 Å². The van der Waals surface area contributed by atoms with E-state index in [1.807, 2.05) is 18.2 Å². The molecule has 2 heterocycles. The number of aryl methyl sites for hydroxylation is 1.